The number of nitrogens with zero attached hydrogens (tertiary/aromatic N) is 2. The van der Waals surface area contributed by atoms with Crippen LogP contribution in [0, 0.1) is 0 Å². The number of thioether (sulfide) groups is 1. The molecule has 1 saturated heterocycles. The largest absolute Gasteiger partial charge is 0.465 e. The lowest BCUT2D eigenvalue weighted by atomic mass is 10.2. The molecule has 1 aromatic carbocycles. The van der Waals surface area contributed by atoms with Gasteiger partial charge in [0, 0.05) is 12.1 Å². The van der Waals surface area contributed by atoms with E-state index in [1.54, 1.807) is 12.1 Å². The third-order valence-electron chi connectivity index (χ3n) is 4.90. The lowest BCUT2D eigenvalue weighted by Crippen LogP contribution is -2.37. The second-order valence-corrected chi connectivity index (χ2v) is 10.6. The van der Waals surface area contributed by atoms with Gasteiger partial charge >= 0.3 is 6.61 Å². The van der Waals surface area contributed by atoms with Crippen LogP contribution in [0.4, 0.5) is 14.5 Å². The first kappa shape index (κ1) is 24.0. The number of anilines is 1. The molecule has 0 saturated carbocycles. The van der Waals surface area contributed by atoms with Crippen LogP contribution in [0.1, 0.15) is 12.2 Å². The third kappa shape index (κ3) is 5.83. The Morgan fingerprint density at radius 1 is 1.32 bits per heavy atom. The van der Waals surface area contributed by atoms with Crippen molar-refractivity contribution in [1.29, 1.82) is 0 Å². The summed E-state index contributed by atoms with van der Waals surface area (Å²) < 4.78 is 57.7. The summed E-state index contributed by atoms with van der Waals surface area (Å²) in [5.74, 6) is -0.743. The first-order chi connectivity index (χ1) is 16.2. The molecule has 2 aromatic rings. The van der Waals surface area contributed by atoms with Gasteiger partial charge in [-0.25, -0.2) is 13.4 Å². The van der Waals surface area contributed by atoms with Gasteiger partial charge in [-0.15, -0.1) is 0 Å². The lowest BCUT2D eigenvalue weighted by molar-refractivity contribution is -0.119. The molecule has 0 radical (unpaired) electrons. The zero-order chi connectivity index (χ0) is 24.3. The van der Waals surface area contributed by atoms with Crippen molar-refractivity contribution >= 4 is 50.3 Å². The monoisotopic (exact) mass is 511 g/mol. The molecule has 1 N–H and O–H groups in total. The molecule has 1 fully saturated rings. The second-order valence-electron chi connectivity index (χ2n) is 7.41. The number of amides is 2. The highest BCUT2D eigenvalue weighted by Crippen LogP contribution is 2.31. The molecule has 0 aliphatic carbocycles. The Kier molecular flexibility index (Phi) is 7.03. The standard InChI is InChI=1S/C21H19F2N3O6S2/c22-20(23)32-15-5-3-14(4-6-15)26-19(28)17(10-16-2-1-8-31-16)25-21(26)33-11-18(27)24-13-7-9-34(29,30)12-13/h1-6,8,10,13,20H,7,9,11-12H2,(H,24,27)/b17-10-/t13-/m0/s1. The fourth-order valence-electron chi connectivity index (χ4n) is 3.41. The Balaban J connectivity index is 1.51. The molecule has 4 rings (SSSR count). The van der Waals surface area contributed by atoms with Crippen LogP contribution in [0.3, 0.4) is 0 Å². The number of rotatable bonds is 7. The highest BCUT2D eigenvalue weighted by atomic mass is 32.2. The molecule has 180 valence electrons. The zero-order valence-electron chi connectivity index (χ0n) is 17.5. The average Bonchev–Trinajstić information content (AvgIpc) is 3.47. The van der Waals surface area contributed by atoms with Crippen LogP contribution in [0.2, 0.25) is 0 Å². The van der Waals surface area contributed by atoms with Crippen molar-refractivity contribution in [3.8, 4) is 5.75 Å². The van der Waals surface area contributed by atoms with Crippen molar-refractivity contribution in [1.82, 2.24) is 5.32 Å². The molecular formula is C21H19F2N3O6S2. The third-order valence-corrected chi connectivity index (χ3v) is 7.61. The van der Waals surface area contributed by atoms with Gasteiger partial charge in [-0.05, 0) is 42.8 Å². The van der Waals surface area contributed by atoms with Crippen LogP contribution in [0.5, 0.6) is 5.75 Å². The minimum atomic E-state index is -3.14. The minimum absolute atomic E-state index is 0.0340. The Labute approximate surface area is 197 Å². The number of amidine groups is 1. The van der Waals surface area contributed by atoms with E-state index in [-0.39, 0.29) is 33.9 Å². The van der Waals surface area contributed by atoms with Crippen LogP contribution < -0.4 is 15.0 Å². The van der Waals surface area contributed by atoms with Crippen molar-refractivity contribution in [3.05, 3.63) is 54.1 Å². The van der Waals surface area contributed by atoms with Crippen molar-refractivity contribution < 1.29 is 35.9 Å². The number of hydrogen-bond donors (Lipinski definition) is 1. The van der Waals surface area contributed by atoms with Crippen molar-refractivity contribution in [2.75, 3.05) is 22.2 Å². The van der Waals surface area contributed by atoms with E-state index in [1.165, 1.54) is 41.5 Å². The Morgan fingerprint density at radius 2 is 2.09 bits per heavy atom. The fraction of sp³-hybridized carbons (Fsp3) is 0.286. The summed E-state index contributed by atoms with van der Waals surface area (Å²) in [6.45, 7) is -2.98. The van der Waals surface area contributed by atoms with Crippen LogP contribution in [0.15, 0.2) is 57.8 Å². The molecule has 0 bridgehead atoms. The number of nitrogens with one attached hydrogen (secondary N) is 1. The Morgan fingerprint density at radius 3 is 2.71 bits per heavy atom. The number of sulfone groups is 1. The van der Waals surface area contributed by atoms with Gasteiger partial charge in [-0.3, -0.25) is 14.5 Å². The molecular weight excluding hydrogens is 492 g/mol. The maximum Gasteiger partial charge on any atom is 0.387 e. The van der Waals surface area contributed by atoms with E-state index in [2.05, 4.69) is 15.0 Å². The van der Waals surface area contributed by atoms with E-state index in [0.717, 1.165) is 11.8 Å². The van der Waals surface area contributed by atoms with Crippen LogP contribution >= 0.6 is 11.8 Å². The van der Waals surface area contributed by atoms with Gasteiger partial charge in [0.1, 0.15) is 17.2 Å². The summed E-state index contributed by atoms with van der Waals surface area (Å²) in [5, 5.41) is 2.88. The SMILES string of the molecule is O=C(CSC1=N/C(=C\c2ccco2)C(=O)N1c1ccc(OC(F)F)cc1)N[C@H]1CCS(=O)(=O)C1. The summed E-state index contributed by atoms with van der Waals surface area (Å²) in [6.07, 6.45) is 3.24. The van der Waals surface area contributed by atoms with Crippen molar-refractivity contribution in [2.24, 2.45) is 4.99 Å². The molecule has 1 aromatic heterocycles. The number of hydrogen-bond acceptors (Lipinski definition) is 8. The van der Waals surface area contributed by atoms with Crippen molar-refractivity contribution in [2.45, 2.75) is 19.1 Å². The molecule has 13 heteroatoms. The predicted molar refractivity (Wildman–Crippen MR) is 122 cm³/mol. The normalized spacial score (nSPS) is 20.7. The van der Waals surface area contributed by atoms with Gasteiger partial charge in [0.05, 0.1) is 29.2 Å². The van der Waals surface area contributed by atoms with Crippen LogP contribution in [0.25, 0.3) is 6.08 Å². The highest BCUT2D eigenvalue weighted by molar-refractivity contribution is 8.14. The number of carbonyl (C=O) groups is 2. The maximum absolute atomic E-state index is 13.1. The number of alkyl halides is 2. The van der Waals surface area contributed by atoms with Gasteiger partial charge < -0.3 is 14.5 Å². The molecule has 3 heterocycles. The summed E-state index contributed by atoms with van der Waals surface area (Å²) in [7, 11) is -3.14. The zero-order valence-corrected chi connectivity index (χ0v) is 19.2. The molecule has 0 spiro atoms. The first-order valence-electron chi connectivity index (χ1n) is 10.1. The molecule has 9 nitrogen and oxygen atoms in total. The van der Waals surface area contributed by atoms with E-state index < -0.39 is 34.3 Å². The number of furan rings is 1. The summed E-state index contributed by atoms with van der Waals surface area (Å²) >= 11 is 0.984. The van der Waals surface area contributed by atoms with Gasteiger partial charge in [0.25, 0.3) is 5.91 Å². The fourth-order valence-corrected chi connectivity index (χ4v) is 5.91. The highest BCUT2D eigenvalue weighted by Gasteiger charge is 2.33. The predicted octanol–water partition coefficient (Wildman–Crippen LogP) is 2.66. The smallest absolute Gasteiger partial charge is 0.387 e. The number of ether oxygens (including phenoxy) is 1. The maximum atomic E-state index is 13.1. The van der Waals surface area contributed by atoms with E-state index in [1.807, 2.05) is 0 Å². The molecule has 2 amide bonds. The van der Waals surface area contributed by atoms with Gasteiger partial charge in [-0.2, -0.15) is 8.78 Å². The summed E-state index contributed by atoms with van der Waals surface area (Å²) in [6, 6.07) is 8.27. The second kappa shape index (κ2) is 9.97. The molecule has 2 aliphatic rings. The Hall–Kier alpha value is -3.19. The van der Waals surface area contributed by atoms with Crippen molar-refractivity contribution in [3.63, 3.8) is 0 Å². The van der Waals surface area contributed by atoms with Gasteiger partial charge in [-0.1, -0.05) is 11.8 Å². The number of benzene rings is 1. The van der Waals surface area contributed by atoms with E-state index in [4.69, 9.17) is 4.42 Å². The average molecular weight is 512 g/mol. The lowest BCUT2D eigenvalue weighted by Gasteiger charge is -2.18. The van der Waals surface area contributed by atoms with Crippen LogP contribution in [-0.4, -0.2) is 55.3 Å². The van der Waals surface area contributed by atoms with Crippen LogP contribution in [-0.2, 0) is 19.4 Å². The number of aliphatic imine (C=N–C) groups is 1. The summed E-state index contributed by atoms with van der Waals surface area (Å²) in [5.41, 5.74) is 0.399. The first-order valence-corrected chi connectivity index (χ1v) is 12.9. The molecule has 1 atom stereocenters. The summed E-state index contributed by atoms with van der Waals surface area (Å²) in [4.78, 5) is 31.0. The molecule has 0 unspecified atom stereocenters. The molecule has 34 heavy (non-hydrogen) atoms. The van der Waals surface area contributed by atoms with Gasteiger partial charge in [0.15, 0.2) is 15.0 Å². The number of halogens is 2. The minimum Gasteiger partial charge on any atom is -0.465 e. The Bertz CT molecular complexity index is 1230. The molecule has 2 aliphatic heterocycles. The van der Waals surface area contributed by atoms with E-state index in [9.17, 15) is 26.8 Å². The quantitative estimate of drug-likeness (QED) is 0.568. The van der Waals surface area contributed by atoms with E-state index >= 15 is 0 Å². The number of carbonyl (C=O) groups excluding carboxylic acids is 2. The van der Waals surface area contributed by atoms with Gasteiger partial charge in [0.2, 0.25) is 5.91 Å². The topological polar surface area (TPSA) is 118 Å². The van der Waals surface area contributed by atoms with E-state index in [0.29, 0.717) is 17.9 Å².